The number of anilines is 6. The molecule has 28 rings (SSSR count). The first kappa shape index (κ1) is 72.3. The molecule has 0 fully saturated rings. The van der Waals surface area contributed by atoms with Crippen LogP contribution in [0.25, 0.3) is 204 Å². The zero-order chi connectivity index (χ0) is 85.0. The number of rotatable bonds is 12. The first-order valence-electron chi connectivity index (χ1n) is 45.0. The third-order valence-corrected chi connectivity index (χ3v) is 28.4. The first-order valence-corrected chi connectivity index (χ1v) is 45.0. The fraction of sp³-hybridized carbons (Fsp3) is 0.0244. The summed E-state index contributed by atoms with van der Waals surface area (Å²) in [6, 6.07) is 156. The van der Waals surface area contributed by atoms with Gasteiger partial charge in [-0.1, -0.05) is 309 Å². The molecule has 20 aromatic carbocycles. The van der Waals surface area contributed by atoms with E-state index in [2.05, 4.69) is 456 Å². The summed E-state index contributed by atoms with van der Waals surface area (Å²) < 4.78 is 26.7. The predicted molar refractivity (Wildman–Crippen MR) is 540 cm³/mol. The van der Waals surface area contributed by atoms with Crippen LogP contribution in [0.15, 0.2) is 456 Å². The molecule has 0 atom stereocenters. The topological polar surface area (TPSA) is 55.8 Å². The van der Waals surface area contributed by atoms with Crippen molar-refractivity contribution in [2.75, 3.05) is 9.80 Å². The Labute approximate surface area is 747 Å². The zero-order valence-electron chi connectivity index (χ0n) is 70.5. The van der Waals surface area contributed by atoms with Crippen molar-refractivity contribution in [1.82, 2.24) is 9.13 Å². The highest BCUT2D eigenvalue weighted by Crippen LogP contribution is 2.65. The highest BCUT2D eigenvalue weighted by atomic mass is 16.3. The van der Waals surface area contributed by atoms with E-state index in [0.29, 0.717) is 0 Å². The van der Waals surface area contributed by atoms with Crippen LogP contribution in [-0.4, -0.2) is 9.13 Å². The van der Waals surface area contributed by atoms with Crippen molar-refractivity contribution in [3.63, 3.8) is 0 Å². The third kappa shape index (κ3) is 10.4. The van der Waals surface area contributed by atoms with Crippen LogP contribution in [0.5, 0.6) is 0 Å². The van der Waals surface area contributed by atoms with E-state index in [9.17, 15) is 0 Å². The molecule has 5 aromatic heterocycles. The molecule has 0 amide bonds. The van der Waals surface area contributed by atoms with Crippen molar-refractivity contribution in [3.05, 3.63) is 465 Å². The molecule has 7 nitrogen and oxygen atoms in total. The molecule has 0 unspecified atom stereocenters. The summed E-state index contributed by atoms with van der Waals surface area (Å²) in [5.74, 6) is 0. The molecule has 606 valence electrons. The molecule has 0 N–H and O–H groups in total. The summed E-state index contributed by atoms with van der Waals surface area (Å²) in [4.78, 5) is 4.98. The summed E-state index contributed by atoms with van der Waals surface area (Å²) in [6.45, 7) is 0. The average molecular weight is 1660 g/mol. The van der Waals surface area contributed by atoms with Gasteiger partial charge in [-0.25, -0.2) is 0 Å². The average Bonchev–Trinajstić information content (AvgIpc) is 1.50. The number of allylic oxidation sites excluding steroid dienone is 4. The maximum absolute atomic E-state index is 7.72. The molecule has 3 aliphatic carbocycles. The Balaban J connectivity index is 0.576. The number of benzene rings is 20. The summed E-state index contributed by atoms with van der Waals surface area (Å²) in [7, 11) is 0. The maximum Gasteiger partial charge on any atom is 0.143 e. The number of furan rings is 3. The lowest BCUT2D eigenvalue weighted by molar-refractivity contribution is 0.668. The van der Waals surface area contributed by atoms with E-state index in [0.717, 1.165) is 207 Å². The SMILES string of the molecule is C1=CC2=C(CC1)c1ccc(N(c3ccc(-c4ccc5oc6cc(-c7c8ccccc8cc8c7oc7c(-c9ccccc9N(c9ccccc9-n9c%10ccccc%10c%10ccccc%109)c9ccccc9-n9c%10ccccc%10c%10ccccc%109)cccc78)ccc6c5c4)cc3)c3ccccc3-c3cccc4c3oc3cc5ccccc5cc34)cc1C21c2ccccc2-c2ccccc21. The quantitative estimate of drug-likeness (QED) is 0.122. The van der Waals surface area contributed by atoms with Gasteiger partial charge in [-0.15, -0.1) is 0 Å². The molecular formula is C123H76N4O3. The minimum atomic E-state index is -0.498. The fourth-order valence-electron chi connectivity index (χ4n) is 22.9. The van der Waals surface area contributed by atoms with Gasteiger partial charge in [0.05, 0.1) is 61.6 Å². The van der Waals surface area contributed by atoms with E-state index in [-0.39, 0.29) is 0 Å². The Hall–Kier alpha value is -17.0. The van der Waals surface area contributed by atoms with Crippen molar-refractivity contribution in [3.8, 4) is 67.0 Å². The molecule has 7 heteroatoms. The van der Waals surface area contributed by atoms with Crippen LogP contribution in [0.2, 0.25) is 0 Å². The molecule has 3 aliphatic rings. The molecule has 25 aromatic rings. The van der Waals surface area contributed by atoms with E-state index >= 15 is 0 Å². The van der Waals surface area contributed by atoms with Crippen molar-refractivity contribution >= 4 is 171 Å². The van der Waals surface area contributed by atoms with Crippen LogP contribution >= 0.6 is 0 Å². The Morgan fingerprint density at radius 3 is 1.34 bits per heavy atom. The number of hydrogen-bond donors (Lipinski definition) is 0. The lowest BCUT2D eigenvalue weighted by Crippen LogP contribution is -2.27. The molecule has 0 radical (unpaired) electrons. The lowest BCUT2D eigenvalue weighted by Gasteiger charge is -2.34. The molecule has 0 saturated carbocycles. The summed E-state index contributed by atoms with van der Waals surface area (Å²) in [6.07, 6.45) is 6.83. The van der Waals surface area contributed by atoms with Crippen molar-refractivity contribution in [1.29, 1.82) is 0 Å². The largest absolute Gasteiger partial charge is 0.456 e. The Kier molecular flexibility index (Phi) is 15.6. The van der Waals surface area contributed by atoms with Crippen LogP contribution in [-0.2, 0) is 5.41 Å². The van der Waals surface area contributed by atoms with Gasteiger partial charge in [0, 0.05) is 93.1 Å². The molecule has 130 heavy (non-hydrogen) atoms. The number of nitrogens with zero attached hydrogens (tertiary/aromatic N) is 4. The van der Waals surface area contributed by atoms with E-state index in [1.807, 2.05) is 0 Å². The molecule has 0 saturated heterocycles. The summed E-state index contributed by atoms with van der Waals surface area (Å²) in [5.41, 5.74) is 36.2. The normalized spacial score (nSPS) is 13.3. The number of para-hydroxylation sites is 12. The van der Waals surface area contributed by atoms with Crippen LogP contribution in [0.1, 0.15) is 35.1 Å². The van der Waals surface area contributed by atoms with Gasteiger partial charge < -0.3 is 32.2 Å². The third-order valence-electron chi connectivity index (χ3n) is 28.4. The Morgan fingerprint density at radius 1 is 0.246 bits per heavy atom. The summed E-state index contributed by atoms with van der Waals surface area (Å²) >= 11 is 0. The van der Waals surface area contributed by atoms with E-state index in [4.69, 9.17) is 13.3 Å². The fourth-order valence-corrected chi connectivity index (χ4v) is 22.9. The van der Waals surface area contributed by atoms with Crippen molar-refractivity contribution < 1.29 is 13.3 Å². The van der Waals surface area contributed by atoms with Crippen molar-refractivity contribution in [2.24, 2.45) is 0 Å². The van der Waals surface area contributed by atoms with Gasteiger partial charge in [-0.2, -0.15) is 0 Å². The number of hydrogen-bond acceptors (Lipinski definition) is 5. The Bertz CT molecular complexity index is 8930. The molecular weight excluding hydrogens is 1580 g/mol. The van der Waals surface area contributed by atoms with Gasteiger partial charge in [0.15, 0.2) is 0 Å². The molecule has 0 bridgehead atoms. The standard InChI is InChI=1S/C123H76N4O3/c1-2-30-77-72-118-100(69-76(77)29-1)97-44-27-42-95(120(97)129-118)92-40-12-17-49-106(92)124(82-65-67-87-86-35-7-16-48-104(86)123(105(87)74-82)102-46-14-5-33-84(102)85-34-6-15-47-103(85)123)81-63-59-75(60-64-81)78-62-68-116-99(70-78)94-66-61-80(73-117(94)128-116)119-83-32-4-3-31-79(83)71-101-98-45-28-43-96(121(98)130-122(101)119)93-41-13-22-54-111(93)127(114-57-25-23-55-112(114)125-107-50-18-8-36-88(107)89-37-9-19-51-108(89)125)115-58-26-24-56-113(115)126-109-52-20-10-38-90(109)91-39-11-21-53-110(91)126/h1-6,8-34,36-74H,7,35H2. The van der Waals surface area contributed by atoms with Crippen LogP contribution in [0, 0.1) is 0 Å². The van der Waals surface area contributed by atoms with Gasteiger partial charge in [0.2, 0.25) is 0 Å². The van der Waals surface area contributed by atoms with Gasteiger partial charge in [-0.05, 0) is 223 Å². The minimum absolute atomic E-state index is 0.498. The number of aromatic nitrogens is 2. The second kappa shape index (κ2) is 28.0. The second-order valence-electron chi connectivity index (χ2n) is 35.0. The number of fused-ring (bicyclic) bond motifs is 26. The van der Waals surface area contributed by atoms with Gasteiger partial charge >= 0.3 is 0 Å². The molecule has 5 heterocycles. The highest BCUT2D eigenvalue weighted by molar-refractivity contribution is 6.22. The summed E-state index contributed by atoms with van der Waals surface area (Å²) in [5, 5.41) is 15.7. The highest BCUT2D eigenvalue weighted by Gasteiger charge is 2.53. The maximum atomic E-state index is 7.72. The van der Waals surface area contributed by atoms with Crippen LogP contribution in [0.3, 0.4) is 0 Å². The molecule has 0 aliphatic heterocycles. The zero-order valence-corrected chi connectivity index (χ0v) is 70.5. The van der Waals surface area contributed by atoms with E-state index in [1.165, 1.54) is 71.5 Å². The van der Waals surface area contributed by atoms with Crippen LogP contribution in [0.4, 0.5) is 34.1 Å². The first-order chi connectivity index (χ1) is 64.5. The van der Waals surface area contributed by atoms with Gasteiger partial charge in [0.25, 0.3) is 0 Å². The lowest BCUT2D eigenvalue weighted by atomic mass is 9.69. The minimum Gasteiger partial charge on any atom is -0.456 e. The van der Waals surface area contributed by atoms with Crippen molar-refractivity contribution in [2.45, 2.75) is 18.3 Å². The smallest absolute Gasteiger partial charge is 0.143 e. The van der Waals surface area contributed by atoms with E-state index in [1.54, 1.807) is 0 Å². The molecule has 1 spiro atoms. The predicted octanol–water partition coefficient (Wildman–Crippen LogP) is 33.9. The van der Waals surface area contributed by atoms with Crippen LogP contribution < -0.4 is 9.80 Å². The Morgan fingerprint density at radius 2 is 0.708 bits per heavy atom. The monoisotopic (exact) mass is 1660 g/mol. The van der Waals surface area contributed by atoms with Gasteiger partial charge in [-0.3, -0.25) is 0 Å². The second-order valence-corrected chi connectivity index (χ2v) is 35.0. The van der Waals surface area contributed by atoms with E-state index < -0.39 is 5.41 Å². The van der Waals surface area contributed by atoms with Gasteiger partial charge in [0.1, 0.15) is 33.5 Å².